The van der Waals surface area contributed by atoms with Crippen molar-refractivity contribution >= 4 is 47.4 Å². The van der Waals surface area contributed by atoms with Crippen molar-refractivity contribution in [3.05, 3.63) is 12.2 Å². The molecular formula is C33H45ClO14. The normalized spacial score (nSPS) is 40.5. The predicted molar refractivity (Wildman–Crippen MR) is 164 cm³/mol. The van der Waals surface area contributed by atoms with Crippen molar-refractivity contribution in [3.63, 3.8) is 0 Å². The highest BCUT2D eigenvalue weighted by Crippen LogP contribution is 2.63. The summed E-state index contributed by atoms with van der Waals surface area (Å²) in [4.78, 5) is 77.3. The number of esters is 6. The minimum atomic E-state index is -2.42. The summed E-state index contributed by atoms with van der Waals surface area (Å²) in [5.41, 5.74) is -5.58. The van der Waals surface area contributed by atoms with Gasteiger partial charge < -0.3 is 38.3 Å². The largest absolute Gasteiger partial charge is 0.462 e. The van der Waals surface area contributed by atoms with E-state index in [0.29, 0.717) is 0 Å². The number of fused-ring (bicyclic) bond motifs is 3. The summed E-state index contributed by atoms with van der Waals surface area (Å²) in [7, 11) is 0. The van der Waals surface area contributed by atoms with E-state index in [0.717, 1.165) is 20.8 Å². The molecule has 268 valence electrons. The maximum Gasteiger partial charge on any atom is 0.312 e. The lowest BCUT2D eigenvalue weighted by atomic mass is 9.51. The van der Waals surface area contributed by atoms with Gasteiger partial charge in [0.2, 0.25) is 0 Å². The number of carbonyl (C=O) groups excluding carboxylic acids is 6. The number of carbonyl (C=O) groups is 6. The van der Waals surface area contributed by atoms with Crippen LogP contribution in [-0.2, 0) is 61.9 Å². The molecule has 4 fully saturated rings. The first-order valence-electron chi connectivity index (χ1n) is 16.0. The maximum absolute atomic E-state index is 13.3. The van der Waals surface area contributed by atoms with Gasteiger partial charge in [0.1, 0.15) is 36.1 Å². The van der Waals surface area contributed by atoms with E-state index >= 15 is 0 Å². The number of ether oxygens (including phenoxy) is 7. The van der Waals surface area contributed by atoms with Gasteiger partial charge in [-0.1, -0.05) is 27.4 Å². The summed E-state index contributed by atoms with van der Waals surface area (Å²) in [6.07, 6.45) is -8.73. The van der Waals surface area contributed by atoms with Crippen LogP contribution in [0.1, 0.15) is 74.7 Å². The van der Waals surface area contributed by atoms with E-state index in [2.05, 4.69) is 6.58 Å². The van der Waals surface area contributed by atoms with Gasteiger partial charge in [0, 0.05) is 52.9 Å². The molecule has 4 aliphatic rings. The third-order valence-corrected chi connectivity index (χ3v) is 10.6. The number of halogens is 1. The third kappa shape index (κ3) is 6.67. The molecule has 1 spiro atoms. The molecule has 0 radical (unpaired) electrons. The van der Waals surface area contributed by atoms with Gasteiger partial charge in [0.05, 0.1) is 23.3 Å². The lowest BCUT2D eigenvalue weighted by Crippen LogP contribution is -2.73. The molecule has 48 heavy (non-hydrogen) atoms. The highest BCUT2D eigenvalue weighted by Gasteiger charge is 2.79. The molecule has 2 aliphatic heterocycles. The Kier molecular flexibility index (Phi) is 10.6. The van der Waals surface area contributed by atoms with Crippen molar-refractivity contribution in [1.29, 1.82) is 0 Å². The zero-order valence-electron chi connectivity index (χ0n) is 28.4. The Bertz CT molecular complexity index is 1360. The summed E-state index contributed by atoms with van der Waals surface area (Å²) in [6, 6.07) is 0. The fourth-order valence-corrected chi connectivity index (χ4v) is 8.21. The molecule has 2 saturated heterocycles. The highest BCUT2D eigenvalue weighted by atomic mass is 35.5. The Hall–Kier alpha value is -3.23. The molecule has 0 aromatic carbocycles. The molecule has 2 aliphatic carbocycles. The van der Waals surface area contributed by atoms with Crippen molar-refractivity contribution in [2.75, 3.05) is 6.61 Å². The maximum atomic E-state index is 13.3. The van der Waals surface area contributed by atoms with Gasteiger partial charge in [0.15, 0.2) is 11.7 Å². The van der Waals surface area contributed by atoms with Crippen LogP contribution >= 0.6 is 11.6 Å². The second-order valence-corrected chi connectivity index (χ2v) is 14.4. The topological polar surface area (TPSA) is 191 Å². The lowest BCUT2D eigenvalue weighted by Gasteiger charge is -2.58. The van der Waals surface area contributed by atoms with Gasteiger partial charge in [-0.15, -0.1) is 11.6 Å². The molecule has 0 unspecified atom stereocenters. The van der Waals surface area contributed by atoms with Crippen LogP contribution in [0.4, 0.5) is 0 Å². The van der Waals surface area contributed by atoms with Crippen molar-refractivity contribution < 1.29 is 67.0 Å². The Morgan fingerprint density at radius 2 is 1.42 bits per heavy atom. The SMILES string of the molecule is C=C1[C@H](OC(=O)CC(C)C)C[C@H](OC(C)=O)[C@@]2(C)[C@@H](OC(C)=O)C[C@@H](OC(C)=O)[C@]3(CO3)[C@@H]2[C@H](OC(C)=O)[C@]2(O)[C@@H](C)C(=O)O[C@H]2[C@H]1Cl. The van der Waals surface area contributed by atoms with Crippen LogP contribution in [0.25, 0.3) is 0 Å². The molecule has 0 amide bonds. The number of rotatable bonds is 7. The van der Waals surface area contributed by atoms with E-state index in [1.807, 2.05) is 13.8 Å². The monoisotopic (exact) mass is 700 g/mol. The van der Waals surface area contributed by atoms with E-state index in [1.54, 1.807) is 6.92 Å². The smallest absolute Gasteiger partial charge is 0.312 e. The molecule has 0 bridgehead atoms. The van der Waals surface area contributed by atoms with E-state index in [9.17, 15) is 33.9 Å². The Labute approximate surface area is 284 Å². The zero-order valence-corrected chi connectivity index (χ0v) is 29.2. The van der Waals surface area contributed by atoms with E-state index in [4.69, 9.17) is 44.8 Å². The number of hydrogen-bond donors (Lipinski definition) is 1. The standard InChI is InChI=1S/C33H45ClO14/c1-14(2)10-25(39)47-21-11-22(43-17(5)35)31(9)23(44-18(6)36)12-24(45-19(7)37)32(13-42-32)27(31)29(46-20(8)38)33(41)16(4)30(40)48-28(33)26(34)15(21)3/h14,16,21-24,26-29,41H,3,10-13H2,1-2,4-9H3/t16-,21+,22-,23-,24+,26-,27+,28-,29-,31-,32+,33-/m0/s1. The van der Waals surface area contributed by atoms with E-state index in [-0.39, 0.29) is 37.4 Å². The lowest BCUT2D eigenvalue weighted by molar-refractivity contribution is -0.261. The molecule has 2 saturated carbocycles. The van der Waals surface area contributed by atoms with Crippen LogP contribution in [-0.4, -0.2) is 101 Å². The molecule has 0 aromatic heterocycles. The summed E-state index contributed by atoms with van der Waals surface area (Å²) in [6.45, 7) is 15.2. The summed E-state index contributed by atoms with van der Waals surface area (Å²) in [5, 5.41) is 11.4. The second kappa shape index (κ2) is 13.6. The van der Waals surface area contributed by atoms with Gasteiger partial charge in [-0.25, -0.2) is 0 Å². The summed E-state index contributed by atoms with van der Waals surface area (Å²) < 4.78 is 41.2. The molecule has 15 heteroatoms. The van der Waals surface area contributed by atoms with Crippen LogP contribution in [0.15, 0.2) is 12.2 Å². The van der Waals surface area contributed by atoms with Crippen molar-refractivity contribution in [2.24, 2.45) is 23.2 Å². The fraction of sp³-hybridized carbons (Fsp3) is 0.758. The fourth-order valence-electron chi connectivity index (χ4n) is 7.82. The summed E-state index contributed by atoms with van der Waals surface area (Å²) in [5.74, 6) is -7.37. The zero-order chi connectivity index (χ0) is 36.1. The minimum Gasteiger partial charge on any atom is -0.462 e. The van der Waals surface area contributed by atoms with Gasteiger partial charge >= 0.3 is 35.8 Å². The van der Waals surface area contributed by atoms with E-state index < -0.39 is 106 Å². The minimum absolute atomic E-state index is 0.00916. The highest BCUT2D eigenvalue weighted by molar-refractivity contribution is 6.23. The molecule has 12 atom stereocenters. The van der Waals surface area contributed by atoms with Crippen molar-refractivity contribution in [1.82, 2.24) is 0 Å². The average Bonchev–Trinajstić information content (AvgIpc) is 3.70. The van der Waals surface area contributed by atoms with Gasteiger partial charge in [-0.05, 0) is 18.4 Å². The number of alkyl halides is 1. The second-order valence-electron chi connectivity index (χ2n) is 13.9. The first kappa shape index (κ1) is 37.6. The Balaban J connectivity index is 2.09. The number of hydrogen-bond acceptors (Lipinski definition) is 14. The predicted octanol–water partition coefficient (Wildman–Crippen LogP) is 2.33. The summed E-state index contributed by atoms with van der Waals surface area (Å²) >= 11 is 6.98. The number of epoxide rings is 1. The van der Waals surface area contributed by atoms with Crippen LogP contribution in [0, 0.1) is 23.2 Å². The van der Waals surface area contributed by atoms with Crippen LogP contribution in [0.3, 0.4) is 0 Å². The molecule has 14 nitrogen and oxygen atoms in total. The van der Waals surface area contributed by atoms with Crippen LogP contribution in [0.2, 0.25) is 0 Å². The van der Waals surface area contributed by atoms with Crippen LogP contribution in [0.5, 0.6) is 0 Å². The van der Waals surface area contributed by atoms with Gasteiger partial charge in [-0.3, -0.25) is 28.8 Å². The van der Waals surface area contributed by atoms with E-state index in [1.165, 1.54) is 13.8 Å². The quantitative estimate of drug-likeness (QED) is 0.134. The Morgan fingerprint density at radius 3 is 1.90 bits per heavy atom. The molecule has 0 aromatic rings. The molecular weight excluding hydrogens is 656 g/mol. The van der Waals surface area contributed by atoms with Gasteiger partial charge in [-0.2, -0.15) is 0 Å². The Morgan fingerprint density at radius 1 is 0.917 bits per heavy atom. The van der Waals surface area contributed by atoms with Crippen molar-refractivity contribution in [2.45, 2.75) is 128 Å². The average molecular weight is 701 g/mol. The first-order chi connectivity index (χ1) is 22.2. The first-order valence-corrected chi connectivity index (χ1v) is 16.4. The molecule has 1 N–H and O–H groups in total. The number of aliphatic hydroxyl groups is 1. The molecule has 2 heterocycles. The third-order valence-electron chi connectivity index (χ3n) is 10.1. The van der Waals surface area contributed by atoms with Crippen LogP contribution < -0.4 is 0 Å². The molecule has 4 rings (SSSR count). The van der Waals surface area contributed by atoms with Crippen molar-refractivity contribution in [3.8, 4) is 0 Å². The van der Waals surface area contributed by atoms with Gasteiger partial charge in [0.25, 0.3) is 0 Å².